The van der Waals surface area contributed by atoms with E-state index in [4.69, 9.17) is 4.74 Å². The van der Waals surface area contributed by atoms with Crippen molar-refractivity contribution in [2.45, 2.75) is 12.8 Å². The average molecular weight is 242 g/mol. The van der Waals surface area contributed by atoms with Crippen molar-refractivity contribution in [3.63, 3.8) is 0 Å². The number of carbonyl (C=O) groups is 1. The summed E-state index contributed by atoms with van der Waals surface area (Å²) in [6.07, 6.45) is 1.98. The molecule has 1 aromatic carbocycles. The Kier molecular flexibility index (Phi) is 5.29. The number of hydrogen-bond acceptors (Lipinski definition) is 3. The number of rotatable bonds is 2. The van der Waals surface area contributed by atoms with Gasteiger partial charge in [-0.3, -0.25) is 4.79 Å². The highest BCUT2D eigenvalue weighted by Crippen LogP contribution is 2.15. The molecule has 1 aliphatic heterocycles. The summed E-state index contributed by atoms with van der Waals surface area (Å²) in [6.45, 7) is 1.75. The highest BCUT2D eigenvalue weighted by atomic mass is 35.5. The smallest absolute Gasteiger partial charge is 0.315 e. The van der Waals surface area contributed by atoms with E-state index >= 15 is 0 Å². The summed E-state index contributed by atoms with van der Waals surface area (Å²) in [4.78, 5) is 11.7. The number of hydrogen-bond donors (Lipinski definition) is 1. The number of ether oxygens (including phenoxy) is 1. The Bertz CT molecular complexity index is 323. The molecule has 0 bridgehead atoms. The van der Waals surface area contributed by atoms with Crippen molar-refractivity contribution >= 4 is 18.4 Å². The molecule has 0 amide bonds. The van der Waals surface area contributed by atoms with Gasteiger partial charge in [-0.25, -0.2) is 0 Å². The fraction of sp³-hybridized carbons (Fsp3) is 0.417. The number of carbonyl (C=O) groups excluding carboxylic acids is 1. The van der Waals surface area contributed by atoms with Gasteiger partial charge in [-0.15, -0.1) is 12.4 Å². The summed E-state index contributed by atoms with van der Waals surface area (Å²) >= 11 is 0. The van der Waals surface area contributed by atoms with Gasteiger partial charge < -0.3 is 10.1 Å². The van der Waals surface area contributed by atoms with E-state index in [2.05, 4.69) is 5.32 Å². The van der Waals surface area contributed by atoms with Gasteiger partial charge in [0.1, 0.15) is 5.75 Å². The summed E-state index contributed by atoms with van der Waals surface area (Å²) in [7, 11) is 0. The second-order valence-electron chi connectivity index (χ2n) is 3.78. The van der Waals surface area contributed by atoms with Crippen LogP contribution in [0, 0.1) is 5.92 Å². The van der Waals surface area contributed by atoms with Crippen molar-refractivity contribution in [3.05, 3.63) is 30.3 Å². The molecule has 1 fully saturated rings. The molecule has 88 valence electrons. The maximum atomic E-state index is 11.7. The number of para-hydroxylation sites is 1. The van der Waals surface area contributed by atoms with Crippen molar-refractivity contribution in [1.29, 1.82) is 0 Å². The number of halogens is 1. The molecule has 3 nitrogen and oxygen atoms in total. The van der Waals surface area contributed by atoms with Crippen molar-refractivity contribution in [1.82, 2.24) is 5.32 Å². The normalized spacial score (nSPS) is 19.6. The molecule has 16 heavy (non-hydrogen) atoms. The summed E-state index contributed by atoms with van der Waals surface area (Å²) in [6, 6.07) is 9.23. The van der Waals surface area contributed by atoms with Crippen LogP contribution in [-0.4, -0.2) is 19.1 Å². The third-order valence-corrected chi connectivity index (χ3v) is 2.59. The molecule has 1 aromatic rings. The predicted octanol–water partition coefficient (Wildman–Crippen LogP) is 2.01. The Labute approximate surface area is 102 Å². The standard InChI is InChI=1S/C12H15NO2.ClH/c14-12(10-5-4-8-13-9-10)15-11-6-2-1-3-7-11;/h1-3,6-7,10,13H,4-5,8-9H2;1H. The lowest BCUT2D eigenvalue weighted by Crippen LogP contribution is -2.36. The van der Waals surface area contributed by atoms with Crippen LogP contribution in [0.15, 0.2) is 30.3 Å². The van der Waals surface area contributed by atoms with Crippen LogP contribution >= 0.6 is 12.4 Å². The molecule has 1 N–H and O–H groups in total. The molecule has 0 saturated carbocycles. The molecule has 1 aliphatic rings. The van der Waals surface area contributed by atoms with E-state index < -0.39 is 0 Å². The Morgan fingerprint density at radius 3 is 2.69 bits per heavy atom. The first-order valence-electron chi connectivity index (χ1n) is 5.34. The number of esters is 1. The highest BCUT2D eigenvalue weighted by Gasteiger charge is 2.22. The van der Waals surface area contributed by atoms with E-state index in [1.165, 1.54) is 0 Å². The van der Waals surface area contributed by atoms with E-state index in [-0.39, 0.29) is 24.3 Å². The van der Waals surface area contributed by atoms with E-state index in [0.717, 1.165) is 25.9 Å². The average Bonchev–Trinajstić information content (AvgIpc) is 2.31. The molecular formula is C12H16ClNO2. The molecule has 1 heterocycles. The zero-order chi connectivity index (χ0) is 10.5. The van der Waals surface area contributed by atoms with Crippen molar-refractivity contribution < 1.29 is 9.53 Å². The van der Waals surface area contributed by atoms with Gasteiger partial charge in [0.15, 0.2) is 0 Å². The van der Waals surface area contributed by atoms with Gasteiger partial charge in [0.2, 0.25) is 0 Å². The van der Waals surface area contributed by atoms with Crippen LogP contribution in [0.2, 0.25) is 0 Å². The van der Waals surface area contributed by atoms with Crippen LogP contribution in [0.1, 0.15) is 12.8 Å². The van der Waals surface area contributed by atoms with Crippen molar-refractivity contribution in [2.75, 3.05) is 13.1 Å². The molecule has 0 aliphatic carbocycles. The lowest BCUT2D eigenvalue weighted by molar-refractivity contribution is -0.139. The van der Waals surface area contributed by atoms with Crippen LogP contribution in [0.5, 0.6) is 5.75 Å². The fourth-order valence-electron chi connectivity index (χ4n) is 1.74. The van der Waals surface area contributed by atoms with Crippen molar-refractivity contribution in [3.8, 4) is 5.75 Å². The Morgan fingerprint density at radius 2 is 2.06 bits per heavy atom. The molecule has 1 saturated heterocycles. The minimum atomic E-state index is -0.117. The first kappa shape index (κ1) is 13.0. The molecule has 4 heteroatoms. The summed E-state index contributed by atoms with van der Waals surface area (Å²) < 4.78 is 5.27. The lowest BCUT2D eigenvalue weighted by atomic mass is 10.0. The predicted molar refractivity (Wildman–Crippen MR) is 64.9 cm³/mol. The van der Waals surface area contributed by atoms with E-state index in [9.17, 15) is 4.79 Å². The summed E-state index contributed by atoms with van der Waals surface area (Å²) in [5.74, 6) is 0.528. The van der Waals surface area contributed by atoms with Crippen LogP contribution in [0.4, 0.5) is 0 Å². The monoisotopic (exact) mass is 241 g/mol. The fourth-order valence-corrected chi connectivity index (χ4v) is 1.74. The maximum absolute atomic E-state index is 11.7. The van der Waals surface area contributed by atoms with Gasteiger partial charge in [-0.2, -0.15) is 0 Å². The minimum absolute atomic E-state index is 0. The molecule has 0 aromatic heterocycles. The molecule has 0 radical (unpaired) electrons. The molecule has 0 spiro atoms. The van der Waals surface area contributed by atoms with Crippen LogP contribution < -0.4 is 10.1 Å². The van der Waals surface area contributed by atoms with Crippen LogP contribution in [-0.2, 0) is 4.79 Å². The molecular weight excluding hydrogens is 226 g/mol. The minimum Gasteiger partial charge on any atom is -0.426 e. The van der Waals surface area contributed by atoms with Crippen LogP contribution in [0.3, 0.4) is 0 Å². The number of benzene rings is 1. The third kappa shape index (κ3) is 3.51. The van der Waals surface area contributed by atoms with Gasteiger partial charge in [0.25, 0.3) is 0 Å². The SMILES string of the molecule is Cl.O=C(Oc1ccccc1)C1CCCNC1. The van der Waals surface area contributed by atoms with Gasteiger partial charge in [0, 0.05) is 6.54 Å². The van der Waals surface area contributed by atoms with Crippen molar-refractivity contribution in [2.24, 2.45) is 5.92 Å². The topological polar surface area (TPSA) is 38.3 Å². The molecule has 1 unspecified atom stereocenters. The van der Waals surface area contributed by atoms with Gasteiger partial charge >= 0.3 is 5.97 Å². The number of piperidine rings is 1. The van der Waals surface area contributed by atoms with Gasteiger partial charge in [-0.1, -0.05) is 18.2 Å². The zero-order valence-corrected chi connectivity index (χ0v) is 9.83. The quantitative estimate of drug-likeness (QED) is 0.636. The van der Waals surface area contributed by atoms with Gasteiger partial charge in [-0.05, 0) is 31.5 Å². The second kappa shape index (κ2) is 6.51. The Balaban J connectivity index is 0.00000128. The Hall–Kier alpha value is -1.06. The second-order valence-corrected chi connectivity index (χ2v) is 3.78. The molecule has 2 rings (SSSR count). The van der Waals surface area contributed by atoms with E-state index in [1.807, 2.05) is 18.2 Å². The zero-order valence-electron chi connectivity index (χ0n) is 9.02. The van der Waals surface area contributed by atoms with E-state index in [0.29, 0.717) is 5.75 Å². The van der Waals surface area contributed by atoms with Gasteiger partial charge in [0.05, 0.1) is 5.92 Å². The molecule has 1 atom stereocenters. The maximum Gasteiger partial charge on any atom is 0.315 e. The summed E-state index contributed by atoms with van der Waals surface area (Å²) in [5, 5.41) is 3.20. The van der Waals surface area contributed by atoms with E-state index in [1.54, 1.807) is 12.1 Å². The number of nitrogens with one attached hydrogen (secondary N) is 1. The lowest BCUT2D eigenvalue weighted by Gasteiger charge is -2.20. The Morgan fingerprint density at radius 1 is 1.31 bits per heavy atom. The van der Waals surface area contributed by atoms with Crippen LogP contribution in [0.25, 0.3) is 0 Å². The first-order valence-corrected chi connectivity index (χ1v) is 5.34. The third-order valence-electron chi connectivity index (χ3n) is 2.59. The highest BCUT2D eigenvalue weighted by molar-refractivity contribution is 5.85. The first-order chi connectivity index (χ1) is 7.36. The summed E-state index contributed by atoms with van der Waals surface area (Å²) in [5.41, 5.74) is 0. The largest absolute Gasteiger partial charge is 0.426 e.